The molecule has 0 unspecified atom stereocenters. The monoisotopic (exact) mass is 565 g/mol. The summed E-state index contributed by atoms with van der Waals surface area (Å²) in [6.45, 7) is -3.02. The van der Waals surface area contributed by atoms with Crippen molar-refractivity contribution < 1.29 is 51.2 Å². The third-order valence-corrected chi connectivity index (χ3v) is 8.42. The number of carbonyl (C=O) groups excluding carboxylic acids is 1. The highest BCUT2D eigenvalue weighted by atomic mass is 19.3. The molecule has 1 amide bonds. The van der Waals surface area contributed by atoms with Gasteiger partial charge in [0, 0.05) is 18.1 Å². The predicted molar refractivity (Wildman–Crippen MR) is 130 cm³/mol. The quantitative estimate of drug-likeness (QED) is 0.425. The van der Waals surface area contributed by atoms with E-state index in [9.17, 15) is 32.3 Å². The number of alkyl halides is 4. The standard InChI is InChI=1S/C28H27F4NO7/c29-26(30)37-17-6-7-18-19(13-21(38-22(18)12-17)14-1-3-15(4-2-14)24(34)35)33-25(36)27(9-10-27)16-5-8-20-23(11-16)40-28(31,32)39-20/h5-8,11-12,14-15,19,21,26H,1-4,9-10,13H2,(H,33,36)(H,34,35)/t14-,15+,19-,21-/m1/s1. The fourth-order valence-corrected chi connectivity index (χ4v) is 6.13. The Hall–Kier alpha value is -3.70. The van der Waals surface area contributed by atoms with E-state index in [0.29, 0.717) is 61.8 Å². The molecule has 0 saturated heterocycles. The minimum Gasteiger partial charge on any atom is -0.490 e. The Balaban J connectivity index is 1.24. The van der Waals surface area contributed by atoms with Gasteiger partial charge in [0.15, 0.2) is 11.5 Å². The molecule has 0 spiro atoms. The molecule has 6 rings (SSSR count). The molecule has 2 aliphatic heterocycles. The van der Waals surface area contributed by atoms with Gasteiger partial charge in [-0.25, -0.2) is 0 Å². The zero-order chi connectivity index (χ0) is 28.2. The molecule has 8 nitrogen and oxygen atoms in total. The van der Waals surface area contributed by atoms with Crippen LogP contribution < -0.4 is 24.3 Å². The number of ether oxygens (including phenoxy) is 4. The van der Waals surface area contributed by atoms with Crippen molar-refractivity contribution in [1.82, 2.24) is 5.32 Å². The second-order valence-electron chi connectivity index (χ2n) is 10.9. The van der Waals surface area contributed by atoms with Crippen molar-refractivity contribution >= 4 is 11.9 Å². The normalized spacial score (nSPS) is 27.3. The highest BCUT2D eigenvalue weighted by Crippen LogP contribution is 2.53. The number of carboxylic acid groups (broad SMARTS) is 1. The van der Waals surface area contributed by atoms with Gasteiger partial charge < -0.3 is 29.4 Å². The first-order valence-corrected chi connectivity index (χ1v) is 13.2. The Morgan fingerprint density at radius 1 is 0.975 bits per heavy atom. The van der Waals surface area contributed by atoms with Crippen molar-refractivity contribution in [3.05, 3.63) is 47.5 Å². The molecule has 40 heavy (non-hydrogen) atoms. The number of hydrogen-bond acceptors (Lipinski definition) is 6. The van der Waals surface area contributed by atoms with Crippen molar-refractivity contribution in [3.63, 3.8) is 0 Å². The van der Waals surface area contributed by atoms with Crippen LogP contribution in [-0.4, -0.2) is 36.0 Å². The van der Waals surface area contributed by atoms with Crippen molar-refractivity contribution in [3.8, 4) is 23.0 Å². The summed E-state index contributed by atoms with van der Waals surface area (Å²) in [5.41, 5.74) is 0.204. The molecule has 0 aromatic heterocycles. The molecule has 2 aromatic carbocycles. The van der Waals surface area contributed by atoms with Crippen LogP contribution in [-0.2, 0) is 15.0 Å². The van der Waals surface area contributed by atoms with Gasteiger partial charge in [-0.3, -0.25) is 9.59 Å². The highest BCUT2D eigenvalue weighted by molar-refractivity contribution is 5.92. The van der Waals surface area contributed by atoms with Gasteiger partial charge in [-0.15, -0.1) is 8.78 Å². The number of aliphatic carboxylic acids is 1. The number of hydrogen-bond donors (Lipinski definition) is 2. The zero-order valence-electron chi connectivity index (χ0n) is 21.2. The number of benzene rings is 2. The summed E-state index contributed by atoms with van der Waals surface area (Å²) >= 11 is 0. The number of nitrogens with one attached hydrogen (secondary N) is 1. The van der Waals surface area contributed by atoms with E-state index >= 15 is 0 Å². The van der Waals surface area contributed by atoms with E-state index in [0.717, 1.165) is 0 Å². The summed E-state index contributed by atoms with van der Waals surface area (Å²) in [4.78, 5) is 25.1. The lowest BCUT2D eigenvalue weighted by Gasteiger charge is -2.39. The van der Waals surface area contributed by atoms with Crippen molar-refractivity contribution in [1.29, 1.82) is 0 Å². The van der Waals surface area contributed by atoms with Gasteiger partial charge in [-0.2, -0.15) is 8.78 Å². The van der Waals surface area contributed by atoms with Gasteiger partial charge >= 0.3 is 18.9 Å². The highest BCUT2D eigenvalue weighted by Gasteiger charge is 2.53. The average molecular weight is 566 g/mol. The topological polar surface area (TPSA) is 103 Å². The van der Waals surface area contributed by atoms with Gasteiger partial charge in [-0.1, -0.05) is 6.07 Å². The Morgan fingerprint density at radius 2 is 1.70 bits per heavy atom. The summed E-state index contributed by atoms with van der Waals surface area (Å²) in [5, 5.41) is 12.5. The van der Waals surface area contributed by atoms with E-state index in [1.807, 2.05) is 0 Å². The van der Waals surface area contributed by atoms with E-state index < -0.39 is 36.3 Å². The second kappa shape index (κ2) is 9.74. The Bertz CT molecular complexity index is 1320. The molecule has 2 aliphatic carbocycles. The molecule has 2 N–H and O–H groups in total. The summed E-state index contributed by atoms with van der Waals surface area (Å²) in [5.74, 6) is -1.52. The predicted octanol–water partition coefficient (Wildman–Crippen LogP) is 5.54. The molecular formula is C28H27F4NO7. The summed E-state index contributed by atoms with van der Waals surface area (Å²) in [7, 11) is 0. The van der Waals surface area contributed by atoms with Crippen LogP contribution in [0.3, 0.4) is 0 Å². The van der Waals surface area contributed by atoms with Crippen molar-refractivity contribution in [2.24, 2.45) is 11.8 Å². The van der Waals surface area contributed by atoms with Gasteiger partial charge in [0.1, 0.15) is 17.6 Å². The van der Waals surface area contributed by atoms with Crippen LogP contribution in [0.2, 0.25) is 0 Å². The van der Waals surface area contributed by atoms with Gasteiger partial charge in [0.2, 0.25) is 5.91 Å². The number of rotatable bonds is 7. The number of amides is 1. The molecule has 214 valence electrons. The largest absolute Gasteiger partial charge is 0.586 e. The SMILES string of the molecule is O=C(N[C@@H]1C[C@H]([C@H]2CC[C@@H](C(=O)O)CC2)Oc2cc(OC(F)F)ccc21)C1(c2ccc3c(c2)OC(F)(F)O3)CC1. The van der Waals surface area contributed by atoms with Crippen molar-refractivity contribution in [2.75, 3.05) is 0 Å². The molecule has 0 radical (unpaired) electrons. The smallest absolute Gasteiger partial charge is 0.490 e. The molecule has 2 fully saturated rings. The van der Waals surface area contributed by atoms with E-state index in [-0.39, 0.29) is 35.2 Å². The third kappa shape index (κ3) is 4.99. The molecule has 0 bridgehead atoms. The lowest BCUT2D eigenvalue weighted by molar-refractivity contribution is -0.286. The molecule has 2 saturated carbocycles. The first-order chi connectivity index (χ1) is 19.0. The molecule has 2 atom stereocenters. The maximum Gasteiger partial charge on any atom is 0.586 e. The van der Waals surface area contributed by atoms with Gasteiger partial charge in [0.25, 0.3) is 0 Å². The fraction of sp³-hybridized carbons (Fsp3) is 0.500. The van der Waals surface area contributed by atoms with Crippen LogP contribution in [0.1, 0.15) is 62.1 Å². The second-order valence-corrected chi connectivity index (χ2v) is 10.9. The van der Waals surface area contributed by atoms with E-state index in [2.05, 4.69) is 19.5 Å². The van der Waals surface area contributed by atoms with E-state index in [4.69, 9.17) is 4.74 Å². The summed E-state index contributed by atoms with van der Waals surface area (Å²) < 4.78 is 72.6. The molecular weight excluding hydrogens is 538 g/mol. The Labute approximate surface area is 226 Å². The van der Waals surface area contributed by atoms with Gasteiger partial charge in [0.05, 0.1) is 17.4 Å². The maximum atomic E-state index is 13.7. The first-order valence-electron chi connectivity index (χ1n) is 13.2. The van der Waals surface area contributed by atoms with Crippen LogP contribution in [0.5, 0.6) is 23.0 Å². The van der Waals surface area contributed by atoms with E-state index in [1.54, 1.807) is 12.1 Å². The van der Waals surface area contributed by atoms with Crippen LogP contribution in [0.4, 0.5) is 17.6 Å². The van der Waals surface area contributed by atoms with Crippen LogP contribution in [0.15, 0.2) is 36.4 Å². The summed E-state index contributed by atoms with van der Waals surface area (Å²) in [6.07, 6.45) is -0.472. The van der Waals surface area contributed by atoms with Crippen LogP contribution >= 0.6 is 0 Å². The Morgan fingerprint density at radius 3 is 2.38 bits per heavy atom. The zero-order valence-corrected chi connectivity index (χ0v) is 21.2. The lowest BCUT2D eigenvalue weighted by atomic mass is 9.77. The molecule has 12 heteroatoms. The number of carboxylic acids is 1. The minimum atomic E-state index is -3.77. The molecule has 2 aromatic rings. The molecule has 4 aliphatic rings. The number of carbonyl (C=O) groups is 2. The number of halogens is 4. The summed E-state index contributed by atoms with van der Waals surface area (Å²) in [6, 6.07) is 8.16. The van der Waals surface area contributed by atoms with Crippen molar-refractivity contribution in [2.45, 2.75) is 75.4 Å². The fourth-order valence-electron chi connectivity index (χ4n) is 6.13. The Kier molecular flexibility index (Phi) is 6.46. The van der Waals surface area contributed by atoms with Crippen LogP contribution in [0, 0.1) is 11.8 Å². The van der Waals surface area contributed by atoms with E-state index in [1.165, 1.54) is 24.3 Å². The first kappa shape index (κ1) is 26.5. The third-order valence-electron chi connectivity index (χ3n) is 8.42. The minimum absolute atomic E-state index is 0.0215. The maximum absolute atomic E-state index is 13.7. The van der Waals surface area contributed by atoms with Gasteiger partial charge in [-0.05, 0) is 74.3 Å². The molecule has 2 heterocycles. The number of fused-ring (bicyclic) bond motifs is 2. The average Bonchev–Trinajstić information content (AvgIpc) is 3.65. The van der Waals surface area contributed by atoms with Crippen LogP contribution in [0.25, 0.3) is 0 Å². The lowest BCUT2D eigenvalue weighted by Crippen LogP contribution is -2.43.